The Bertz CT molecular complexity index is 616. The second kappa shape index (κ2) is 8.34. The van der Waals surface area contributed by atoms with E-state index in [9.17, 15) is 14.7 Å². The van der Waals surface area contributed by atoms with Crippen molar-refractivity contribution >= 4 is 11.9 Å². The van der Waals surface area contributed by atoms with Gasteiger partial charge in [0.05, 0.1) is 17.6 Å². The molecule has 2 rings (SSSR count). The molecular weight excluding hydrogens is 322 g/mol. The van der Waals surface area contributed by atoms with Gasteiger partial charge in [-0.1, -0.05) is 26.0 Å². The lowest BCUT2D eigenvalue weighted by Gasteiger charge is -2.28. The molecular formula is C19H27NO5. The van der Waals surface area contributed by atoms with Gasteiger partial charge in [-0.05, 0) is 31.4 Å². The zero-order valence-electron chi connectivity index (χ0n) is 15.2. The van der Waals surface area contributed by atoms with Gasteiger partial charge >= 0.3 is 5.97 Å². The summed E-state index contributed by atoms with van der Waals surface area (Å²) in [5.74, 6) is -0.556. The number of likely N-dealkylation sites (tertiary alicyclic amines) is 1. The Morgan fingerprint density at radius 3 is 2.60 bits per heavy atom. The average Bonchev–Trinajstić information content (AvgIpc) is 3.05. The van der Waals surface area contributed by atoms with Crippen LogP contribution in [0.1, 0.15) is 37.6 Å². The number of rotatable bonds is 8. The molecule has 1 amide bonds. The number of hydrogen-bond donors (Lipinski definition) is 1. The lowest BCUT2D eigenvalue weighted by molar-refractivity contribution is -0.150. The molecule has 1 aromatic rings. The Balaban J connectivity index is 2.12. The van der Waals surface area contributed by atoms with Gasteiger partial charge in [-0.2, -0.15) is 0 Å². The average molecular weight is 349 g/mol. The van der Waals surface area contributed by atoms with E-state index in [0.29, 0.717) is 44.1 Å². The van der Waals surface area contributed by atoms with Crippen LogP contribution in [-0.4, -0.2) is 54.8 Å². The van der Waals surface area contributed by atoms with E-state index in [1.165, 1.54) is 0 Å². The predicted molar refractivity (Wildman–Crippen MR) is 93.9 cm³/mol. The lowest BCUT2D eigenvalue weighted by atomic mass is 9.76. The number of carboxylic acids is 1. The van der Waals surface area contributed by atoms with E-state index >= 15 is 0 Å². The van der Waals surface area contributed by atoms with Crippen molar-refractivity contribution < 1.29 is 24.2 Å². The predicted octanol–water partition coefficient (Wildman–Crippen LogP) is 2.67. The number of aliphatic carboxylic acids is 1. The van der Waals surface area contributed by atoms with Gasteiger partial charge < -0.3 is 19.5 Å². The third kappa shape index (κ3) is 4.12. The summed E-state index contributed by atoms with van der Waals surface area (Å²) in [6.45, 7) is 7.81. The molecule has 138 valence electrons. The SMILES string of the molecule is CCOCCOc1ccccc1C(=O)N1CCC(C(=O)O)(C(C)C)C1. The molecule has 0 bridgehead atoms. The number of hydrogen-bond acceptors (Lipinski definition) is 4. The zero-order valence-corrected chi connectivity index (χ0v) is 15.2. The minimum atomic E-state index is -0.875. The van der Waals surface area contributed by atoms with Crippen LogP contribution in [0.4, 0.5) is 0 Å². The van der Waals surface area contributed by atoms with Gasteiger partial charge in [-0.15, -0.1) is 0 Å². The highest BCUT2D eigenvalue weighted by molar-refractivity contribution is 5.97. The number of benzene rings is 1. The standard InChI is InChI=1S/C19H27NO5/c1-4-24-11-12-25-16-8-6-5-7-15(16)17(21)20-10-9-19(13-20,14(2)3)18(22)23/h5-8,14H,4,9-13H2,1-3H3,(H,22,23). The van der Waals surface area contributed by atoms with Crippen LogP contribution in [-0.2, 0) is 9.53 Å². The molecule has 1 unspecified atom stereocenters. The molecule has 25 heavy (non-hydrogen) atoms. The maximum atomic E-state index is 12.9. The molecule has 1 heterocycles. The Morgan fingerprint density at radius 1 is 1.28 bits per heavy atom. The molecule has 1 atom stereocenters. The van der Waals surface area contributed by atoms with Crippen molar-refractivity contribution in [3.8, 4) is 5.75 Å². The first-order valence-corrected chi connectivity index (χ1v) is 8.74. The van der Waals surface area contributed by atoms with Crippen LogP contribution < -0.4 is 4.74 Å². The van der Waals surface area contributed by atoms with Crippen molar-refractivity contribution in [3.05, 3.63) is 29.8 Å². The molecule has 1 N–H and O–H groups in total. The van der Waals surface area contributed by atoms with E-state index in [4.69, 9.17) is 9.47 Å². The fourth-order valence-electron chi connectivity index (χ4n) is 3.19. The molecule has 1 aromatic carbocycles. The Morgan fingerprint density at radius 2 is 2.00 bits per heavy atom. The zero-order chi connectivity index (χ0) is 18.4. The van der Waals surface area contributed by atoms with E-state index < -0.39 is 11.4 Å². The number of carbonyl (C=O) groups is 2. The lowest BCUT2D eigenvalue weighted by Crippen LogP contribution is -2.40. The van der Waals surface area contributed by atoms with Crippen molar-refractivity contribution in [3.63, 3.8) is 0 Å². The van der Waals surface area contributed by atoms with Crippen LogP contribution in [0.5, 0.6) is 5.75 Å². The van der Waals surface area contributed by atoms with Crippen LogP contribution in [0.25, 0.3) is 0 Å². The van der Waals surface area contributed by atoms with Gasteiger partial charge in [-0.3, -0.25) is 9.59 Å². The summed E-state index contributed by atoms with van der Waals surface area (Å²) in [4.78, 5) is 26.3. The number of carboxylic acid groups (broad SMARTS) is 1. The highest BCUT2D eigenvalue weighted by atomic mass is 16.5. The van der Waals surface area contributed by atoms with E-state index in [1.54, 1.807) is 23.1 Å². The number of amides is 1. The molecule has 1 fully saturated rings. The smallest absolute Gasteiger partial charge is 0.311 e. The number of para-hydroxylation sites is 1. The molecule has 1 aliphatic rings. The number of carbonyl (C=O) groups excluding carboxylic acids is 1. The van der Waals surface area contributed by atoms with Crippen molar-refractivity contribution in [2.75, 3.05) is 32.9 Å². The van der Waals surface area contributed by atoms with E-state index in [-0.39, 0.29) is 18.4 Å². The van der Waals surface area contributed by atoms with Gasteiger partial charge in [0.2, 0.25) is 0 Å². The number of ether oxygens (including phenoxy) is 2. The fourth-order valence-corrected chi connectivity index (χ4v) is 3.19. The van der Waals surface area contributed by atoms with Crippen LogP contribution in [0.3, 0.4) is 0 Å². The van der Waals surface area contributed by atoms with Gasteiger partial charge in [-0.25, -0.2) is 0 Å². The van der Waals surface area contributed by atoms with Crippen LogP contribution in [0.2, 0.25) is 0 Å². The van der Waals surface area contributed by atoms with Crippen molar-refractivity contribution in [2.45, 2.75) is 27.2 Å². The highest BCUT2D eigenvalue weighted by Gasteiger charge is 2.48. The first-order valence-electron chi connectivity index (χ1n) is 8.74. The summed E-state index contributed by atoms with van der Waals surface area (Å²) in [5, 5.41) is 9.65. The maximum Gasteiger partial charge on any atom is 0.311 e. The monoisotopic (exact) mass is 349 g/mol. The molecule has 0 aromatic heterocycles. The van der Waals surface area contributed by atoms with Crippen molar-refractivity contribution in [2.24, 2.45) is 11.3 Å². The van der Waals surface area contributed by atoms with E-state index in [2.05, 4.69) is 0 Å². The molecule has 6 heteroatoms. The second-order valence-electron chi connectivity index (χ2n) is 6.63. The van der Waals surface area contributed by atoms with Crippen molar-refractivity contribution in [1.29, 1.82) is 0 Å². The highest BCUT2D eigenvalue weighted by Crippen LogP contribution is 2.39. The maximum absolute atomic E-state index is 12.9. The van der Waals surface area contributed by atoms with Gasteiger partial charge in [0.1, 0.15) is 12.4 Å². The van der Waals surface area contributed by atoms with Crippen LogP contribution >= 0.6 is 0 Å². The molecule has 0 aliphatic carbocycles. The third-order valence-corrected chi connectivity index (χ3v) is 4.93. The summed E-state index contributed by atoms with van der Waals surface area (Å²) in [7, 11) is 0. The molecule has 0 spiro atoms. The minimum Gasteiger partial charge on any atom is -0.490 e. The Kier molecular flexibility index (Phi) is 6.42. The Hall–Kier alpha value is -2.08. The molecule has 0 saturated carbocycles. The first kappa shape index (κ1) is 19.2. The molecule has 1 aliphatic heterocycles. The van der Waals surface area contributed by atoms with Crippen LogP contribution in [0, 0.1) is 11.3 Å². The minimum absolute atomic E-state index is 0.0412. The molecule has 0 radical (unpaired) electrons. The van der Waals surface area contributed by atoms with Crippen molar-refractivity contribution in [1.82, 2.24) is 4.90 Å². The summed E-state index contributed by atoms with van der Waals surface area (Å²) in [5.41, 5.74) is -0.413. The van der Waals surface area contributed by atoms with Gasteiger partial charge in [0.15, 0.2) is 0 Å². The second-order valence-corrected chi connectivity index (χ2v) is 6.63. The van der Waals surface area contributed by atoms with Crippen LogP contribution in [0.15, 0.2) is 24.3 Å². The Labute approximate surface area is 148 Å². The molecule has 6 nitrogen and oxygen atoms in total. The largest absolute Gasteiger partial charge is 0.490 e. The normalized spacial score (nSPS) is 20.1. The quantitative estimate of drug-likeness (QED) is 0.730. The van der Waals surface area contributed by atoms with Gasteiger partial charge in [0, 0.05) is 19.7 Å². The third-order valence-electron chi connectivity index (χ3n) is 4.93. The first-order chi connectivity index (χ1) is 11.9. The number of nitrogens with zero attached hydrogens (tertiary/aromatic N) is 1. The van der Waals surface area contributed by atoms with E-state index in [0.717, 1.165) is 0 Å². The van der Waals surface area contributed by atoms with E-state index in [1.807, 2.05) is 26.8 Å². The summed E-state index contributed by atoms with van der Waals surface area (Å²) in [6, 6.07) is 7.06. The molecule has 1 saturated heterocycles. The summed E-state index contributed by atoms with van der Waals surface area (Å²) < 4.78 is 10.9. The summed E-state index contributed by atoms with van der Waals surface area (Å²) in [6.07, 6.45) is 0.471. The fraction of sp³-hybridized carbons (Fsp3) is 0.579. The van der Waals surface area contributed by atoms with Gasteiger partial charge in [0.25, 0.3) is 5.91 Å². The summed E-state index contributed by atoms with van der Waals surface area (Å²) >= 11 is 0. The topological polar surface area (TPSA) is 76.1 Å².